The molecule has 2 N–H and O–H groups in total. The average Bonchev–Trinajstić information content (AvgIpc) is 3.01. The Kier molecular flexibility index (Phi) is 5.92. The number of carbonyl (C=O) groups is 2. The van der Waals surface area contributed by atoms with E-state index in [1.165, 1.54) is 0 Å². The maximum atomic E-state index is 12.1. The zero-order valence-corrected chi connectivity index (χ0v) is 13.5. The second-order valence-electron chi connectivity index (χ2n) is 6.65. The van der Waals surface area contributed by atoms with Gasteiger partial charge in [-0.3, -0.25) is 9.59 Å². The Hall–Kier alpha value is -1.45. The summed E-state index contributed by atoms with van der Waals surface area (Å²) >= 11 is 0. The zero-order valence-electron chi connectivity index (χ0n) is 13.5. The van der Waals surface area contributed by atoms with Gasteiger partial charge in [0.25, 0.3) is 0 Å². The van der Waals surface area contributed by atoms with E-state index in [4.69, 9.17) is 5.26 Å². The normalized spacial score (nSPS) is 31.5. The first-order valence-electron chi connectivity index (χ1n) is 8.11. The Balaban J connectivity index is 1.68. The second-order valence-corrected chi connectivity index (χ2v) is 6.65. The topological polar surface area (TPSA) is 85.2 Å². The molecule has 1 saturated heterocycles. The summed E-state index contributed by atoms with van der Waals surface area (Å²) in [6.07, 6.45) is 4.30. The van der Waals surface area contributed by atoms with Crippen molar-refractivity contribution in [3.8, 4) is 6.07 Å². The molecule has 0 aromatic carbocycles. The van der Waals surface area contributed by atoms with Crippen LogP contribution < -0.4 is 10.6 Å². The zero-order chi connectivity index (χ0) is 16.1. The van der Waals surface area contributed by atoms with Crippen molar-refractivity contribution in [2.75, 3.05) is 27.2 Å². The molecule has 0 aromatic rings. The highest BCUT2D eigenvalue weighted by molar-refractivity contribution is 5.83. The third-order valence-electron chi connectivity index (χ3n) is 4.82. The summed E-state index contributed by atoms with van der Waals surface area (Å²) in [4.78, 5) is 25.7. The Labute approximate surface area is 132 Å². The number of nitriles is 1. The van der Waals surface area contributed by atoms with Crippen LogP contribution in [0.15, 0.2) is 0 Å². The van der Waals surface area contributed by atoms with Crippen LogP contribution in [0.5, 0.6) is 0 Å². The van der Waals surface area contributed by atoms with Gasteiger partial charge in [-0.2, -0.15) is 5.26 Å². The van der Waals surface area contributed by atoms with E-state index in [2.05, 4.69) is 16.7 Å². The van der Waals surface area contributed by atoms with Crippen LogP contribution in [0.25, 0.3) is 0 Å². The fraction of sp³-hybridized carbons (Fsp3) is 0.812. The van der Waals surface area contributed by atoms with Gasteiger partial charge in [0.15, 0.2) is 5.78 Å². The molecule has 6 nitrogen and oxygen atoms in total. The number of nitrogens with zero attached hydrogens (tertiary/aromatic N) is 2. The van der Waals surface area contributed by atoms with Crippen LogP contribution in [0.1, 0.15) is 32.1 Å². The van der Waals surface area contributed by atoms with Crippen molar-refractivity contribution >= 4 is 11.7 Å². The third-order valence-corrected chi connectivity index (χ3v) is 4.82. The van der Waals surface area contributed by atoms with E-state index in [1.807, 2.05) is 0 Å². The predicted molar refractivity (Wildman–Crippen MR) is 83.0 cm³/mol. The Morgan fingerprint density at radius 2 is 1.91 bits per heavy atom. The molecule has 0 aromatic heterocycles. The summed E-state index contributed by atoms with van der Waals surface area (Å²) in [5, 5.41) is 15.2. The van der Waals surface area contributed by atoms with E-state index in [0.717, 1.165) is 25.7 Å². The third kappa shape index (κ3) is 4.28. The number of carbonyl (C=O) groups excluding carboxylic acids is 2. The summed E-state index contributed by atoms with van der Waals surface area (Å²) in [6.45, 7) is 0.990. The molecule has 1 unspecified atom stereocenters. The van der Waals surface area contributed by atoms with E-state index in [0.29, 0.717) is 25.6 Å². The van der Waals surface area contributed by atoms with Gasteiger partial charge in [0, 0.05) is 38.5 Å². The van der Waals surface area contributed by atoms with Crippen molar-refractivity contribution in [1.82, 2.24) is 15.5 Å². The summed E-state index contributed by atoms with van der Waals surface area (Å²) < 4.78 is 0. The molecule has 0 radical (unpaired) electrons. The van der Waals surface area contributed by atoms with Crippen LogP contribution in [0, 0.1) is 23.2 Å². The molecule has 0 bridgehead atoms. The van der Waals surface area contributed by atoms with Crippen molar-refractivity contribution in [2.24, 2.45) is 11.8 Å². The molecule has 22 heavy (non-hydrogen) atoms. The Bertz CT molecular complexity index is 450. The smallest absolute Gasteiger partial charge is 0.225 e. The van der Waals surface area contributed by atoms with Gasteiger partial charge >= 0.3 is 0 Å². The van der Waals surface area contributed by atoms with Crippen LogP contribution in [0.2, 0.25) is 0 Å². The average molecular weight is 306 g/mol. The maximum absolute atomic E-state index is 12.1. The largest absolute Gasteiger partial charge is 0.349 e. The molecule has 1 aliphatic heterocycles. The first kappa shape index (κ1) is 16.9. The van der Waals surface area contributed by atoms with E-state index in [9.17, 15) is 9.59 Å². The summed E-state index contributed by atoms with van der Waals surface area (Å²) in [6, 6.07) is 2.31. The molecular weight excluding hydrogens is 280 g/mol. The minimum absolute atomic E-state index is 0.0381. The fourth-order valence-electron chi connectivity index (χ4n) is 3.38. The number of rotatable bonds is 5. The van der Waals surface area contributed by atoms with Gasteiger partial charge in [0.2, 0.25) is 5.91 Å². The number of nitrogens with one attached hydrogen (secondary N) is 2. The molecule has 2 fully saturated rings. The first-order chi connectivity index (χ1) is 10.5. The lowest BCUT2D eigenvalue weighted by Gasteiger charge is -2.30. The molecular formula is C16H26N4O2. The maximum Gasteiger partial charge on any atom is 0.225 e. The van der Waals surface area contributed by atoms with Crippen molar-refractivity contribution in [3.63, 3.8) is 0 Å². The quantitative estimate of drug-likeness (QED) is 0.763. The van der Waals surface area contributed by atoms with E-state index >= 15 is 0 Å². The van der Waals surface area contributed by atoms with Crippen LogP contribution in [0.4, 0.5) is 0 Å². The van der Waals surface area contributed by atoms with Gasteiger partial charge < -0.3 is 15.5 Å². The molecule has 2 rings (SSSR count). The minimum Gasteiger partial charge on any atom is -0.349 e. The highest BCUT2D eigenvalue weighted by Crippen LogP contribution is 2.25. The number of Topliss-reactive ketones (excluding diaryl/α,β-unsaturated/α-hetero) is 1. The Morgan fingerprint density at radius 1 is 1.23 bits per heavy atom. The summed E-state index contributed by atoms with van der Waals surface area (Å²) in [5.74, 6) is 0.508. The lowest BCUT2D eigenvalue weighted by Crippen LogP contribution is -2.41. The van der Waals surface area contributed by atoms with Crippen molar-refractivity contribution < 1.29 is 9.59 Å². The molecule has 1 amide bonds. The van der Waals surface area contributed by atoms with Crippen molar-refractivity contribution in [2.45, 2.75) is 44.2 Å². The molecule has 122 valence electrons. The molecule has 0 spiro atoms. The number of hydrogen-bond donors (Lipinski definition) is 2. The lowest BCUT2D eigenvalue weighted by molar-refractivity contribution is -0.134. The highest BCUT2D eigenvalue weighted by Gasteiger charge is 2.30. The van der Waals surface area contributed by atoms with E-state index in [-0.39, 0.29) is 29.6 Å². The van der Waals surface area contributed by atoms with Gasteiger partial charge in [-0.15, -0.1) is 0 Å². The minimum atomic E-state index is -0.179. The van der Waals surface area contributed by atoms with Crippen LogP contribution in [-0.4, -0.2) is 55.9 Å². The lowest BCUT2D eigenvalue weighted by atomic mass is 9.85. The number of ketones is 1. The monoisotopic (exact) mass is 306 g/mol. The molecule has 1 aliphatic carbocycles. The number of amides is 1. The molecule has 6 heteroatoms. The standard InChI is InChI=1S/C16H26N4O2/c1-20(2)16(22)11-3-5-13(6-4-11)19-10-15(21)12-7-14(8-17)18-9-12/h11-14,18-19H,3-7,9-10H2,1-2H3/t11?,12?,13?,14-/m0/s1. The molecule has 1 saturated carbocycles. The van der Waals surface area contributed by atoms with E-state index < -0.39 is 0 Å². The summed E-state index contributed by atoms with van der Waals surface area (Å²) in [5.41, 5.74) is 0. The van der Waals surface area contributed by atoms with Gasteiger partial charge in [-0.1, -0.05) is 0 Å². The van der Waals surface area contributed by atoms with Gasteiger partial charge in [0.05, 0.1) is 18.7 Å². The van der Waals surface area contributed by atoms with Gasteiger partial charge in [-0.25, -0.2) is 0 Å². The SMILES string of the molecule is CN(C)C(=O)C1CCC(NCC(=O)C2CN[C@H](C#N)C2)CC1. The Morgan fingerprint density at radius 3 is 2.45 bits per heavy atom. The van der Waals surface area contributed by atoms with Crippen LogP contribution in [0.3, 0.4) is 0 Å². The van der Waals surface area contributed by atoms with Crippen LogP contribution in [-0.2, 0) is 9.59 Å². The van der Waals surface area contributed by atoms with Crippen molar-refractivity contribution in [3.05, 3.63) is 0 Å². The highest BCUT2D eigenvalue weighted by atomic mass is 16.2. The first-order valence-corrected chi connectivity index (χ1v) is 8.11. The predicted octanol–water partition coefficient (Wildman–Crippen LogP) is 0.294. The second kappa shape index (κ2) is 7.70. The van der Waals surface area contributed by atoms with Crippen LogP contribution >= 0.6 is 0 Å². The molecule has 1 heterocycles. The van der Waals surface area contributed by atoms with E-state index in [1.54, 1.807) is 19.0 Å². The fourth-order valence-corrected chi connectivity index (χ4v) is 3.38. The molecule has 2 atom stereocenters. The number of hydrogen-bond acceptors (Lipinski definition) is 5. The molecule has 2 aliphatic rings. The van der Waals surface area contributed by atoms with Gasteiger partial charge in [0.1, 0.15) is 0 Å². The summed E-state index contributed by atoms with van der Waals surface area (Å²) in [7, 11) is 3.60. The van der Waals surface area contributed by atoms with Crippen molar-refractivity contribution in [1.29, 1.82) is 5.26 Å². The van der Waals surface area contributed by atoms with Gasteiger partial charge in [-0.05, 0) is 32.1 Å².